The van der Waals surface area contributed by atoms with E-state index in [1.165, 1.54) is 12.1 Å². The standard InChI is InChI=1S/C14H20F3N3O/c1-4-20(8-13(2,3)21)9-5-6-11(14(15,16)17)10(7-9)12(18)19/h5-7,21H,4,8H2,1-3H3,(H3,18,19). The molecule has 0 aromatic heterocycles. The van der Waals surface area contributed by atoms with Crippen LogP contribution in [0.3, 0.4) is 0 Å². The van der Waals surface area contributed by atoms with Crippen LogP contribution < -0.4 is 10.6 Å². The molecule has 21 heavy (non-hydrogen) atoms. The Hall–Kier alpha value is -1.76. The first kappa shape index (κ1) is 17.3. The van der Waals surface area contributed by atoms with Crippen molar-refractivity contribution in [3.63, 3.8) is 0 Å². The first-order valence-electron chi connectivity index (χ1n) is 6.48. The number of anilines is 1. The van der Waals surface area contributed by atoms with Gasteiger partial charge in [-0.25, -0.2) is 0 Å². The highest BCUT2D eigenvalue weighted by atomic mass is 19.4. The summed E-state index contributed by atoms with van der Waals surface area (Å²) in [5.74, 6) is -0.636. The highest BCUT2D eigenvalue weighted by Gasteiger charge is 2.34. The molecule has 1 rings (SSSR count). The van der Waals surface area contributed by atoms with Crippen molar-refractivity contribution in [3.05, 3.63) is 29.3 Å². The number of alkyl halides is 3. The number of likely N-dealkylation sites (N-methyl/N-ethyl adjacent to an activating group) is 1. The fourth-order valence-corrected chi connectivity index (χ4v) is 2.05. The van der Waals surface area contributed by atoms with Crippen molar-refractivity contribution < 1.29 is 18.3 Å². The maximum absolute atomic E-state index is 12.9. The summed E-state index contributed by atoms with van der Waals surface area (Å²) in [7, 11) is 0. The molecule has 1 aromatic carbocycles. The van der Waals surface area contributed by atoms with Crippen LogP contribution in [0.2, 0.25) is 0 Å². The number of aliphatic hydroxyl groups is 1. The number of nitrogens with two attached hydrogens (primary N) is 1. The molecule has 0 bridgehead atoms. The number of benzene rings is 1. The number of nitrogens with one attached hydrogen (secondary N) is 1. The van der Waals surface area contributed by atoms with Crippen LogP contribution in [0.4, 0.5) is 18.9 Å². The maximum atomic E-state index is 12.9. The lowest BCUT2D eigenvalue weighted by atomic mass is 10.0. The molecular formula is C14H20F3N3O. The predicted octanol–water partition coefficient (Wildman–Crippen LogP) is 2.59. The third-order valence-electron chi connectivity index (χ3n) is 2.92. The van der Waals surface area contributed by atoms with Gasteiger partial charge >= 0.3 is 6.18 Å². The van der Waals surface area contributed by atoms with Gasteiger partial charge in [-0.1, -0.05) is 0 Å². The Kier molecular flexibility index (Phi) is 4.88. The van der Waals surface area contributed by atoms with Crippen LogP contribution in [0.5, 0.6) is 0 Å². The van der Waals surface area contributed by atoms with E-state index in [1.54, 1.807) is 18.7 Å². The second-order valence-electron chi connectivity index (χ2n) is 5.47. The van der Waals surface area contributed by atoms with Crippen molar-refractivity contribution in [3.8, 4) is 0 Å². The minimum Gasteiger partial charge on any atom is -0.389 e. The van der Waals surface area contributed by atoms with Gasteiger partial charge in [0.1, 0.15) is 5.84 Å². The molecule has 0 aliphatic heterocycles. The molecule has 0 spiro atoms. The average Bonchev–Trinajstić information content (AvgIpc) is 2.33. The SMILES string of the molecule is CCN(CC(C)(C)O)c1ccc(C(F)(F)F)c(C(=N)N)c1. The monoisotopic (exact) mass is 303 g/mol. The Morgan fingerprint density at radius 1 is 1.33 bits per heavy atom. The highest BCUT2D eigenvalue weighted by molar-refractivity contribution is 5.97. The third-order valence-corrected chi connectivity index (χ3v) is 2.92. The molecule has 0 aliphatic rings. The normalized spacial score (nSPS) is 12.3. The van der Waals surface area contributed by atoms with Crippen LogP contribution in [0.15, 0.2) is 18.2 Å². The Bertz CT molecular complexity index is 521. The zero-order valence-corrected chi connectivity index (χ0v) is 12.3. The summed E-state index contributed by atoms with van der Waals surface area (Å²) in [6, 6.07) is 3.48. The quantitative estimate of drug-likeness (QED) is 0.578. The molecular weight excluding hydrogens is 283 g/mol. The Morgan fingerprint density at radius 2 is 1.90 bits per heavy atom. The van der Waals surface area contributed by atoms with E-state index in [1.807, 2.05) is 6.92 Å². The molecule has 0 unspecified atom stereocenters. The van der Waals surface area contributed by atoms with Crippen molar-refractivity contribution in [2.24, 2.45) is 5.73 Å². The van der Waals surface area contributed by atoms with Crippen LogP contribution in [-0.2, 0) is 6.18 Å². The number of nitrogens with zero attached hydrogens (tertiary/aromatic N) is 1. The first-order chi connectivity index (χ1) is 9.45. The van der Waals surface area contributed by atoms with Crippen LogP contribution in [0, 0.1) is 5.41 Å². The zero-order valence-electron chi connectivity index (χ0n) is 12.3. The van der Waals surface area contributed by atoms with Crippen molar-refractivity contribution in [2.45, 2.75) is 32.5 Å². The Balaban J connectivity index is 3.27. The van der Waals surface area contributed by atoms with E-state index in [-0.39, 0.29) is 12.1 Å². The summed E-state index contributed by atoms with van der Waals surface area (Å²) in [4.78, 5) is 1.73. The number of hydrogen-bond acceptors (Lipinski definition) is 3. The number of amidine groups is 1. The van der Waals surface area contributed by atoms with Gasteiger partial charge in [-0.2, -0.15) is 13.2 Å². The number of nitrogen functional groups attached to an aromatic ring is 1. The topological polar surface area (TPSA) is 73.3 Å². The fraction of sp³-hybridized carbons (Fsp3) is 0.500. The van der Waals surface area contributed by atoms with Gasteiger partial charge in [0.15, 0.2) is 0 Å². The second-order valence-corrected chi connectivity index (χ2v) is 5.47. The minimum absolute atomic E-state index is 0.256. The van der Waals surface area contributed by atoms with Gasteiger partial charge in [-0.3, -0.25) is 5.41 Å². The molecule has 0 heterocycles. The van der Waals surface area contributed by atoms with Crippen molar-refractivity contribution in [1.82, 2.24) is 0 Å². The van der Waals surface area contributed by atoms with Crippen LogP contribution in [0.25, 0.3) is 0 Å². The van der Waals surface area contributed by atoms with E-state index in [0.29, 0.717) is 12.2 Å². The first-order valence-corrected chi connectivity index (χ1v) is 6.48. The van der Waals surface area contributed by atoms with E-state index in [4.69, 9.17) is 11.1 Å². The highest BCUT2D eigenvalue weighted by Crippen LogP contribution is 2.34. The predicted molar refractivity (Wildman–Crippen MR) is 76.6 cm³/mol. The third kappa shape index (κ3) is 4.63. The van der Waals surface area contributed by atoms with Crippen LogP contribution >= 0.6 is 0 Å². The minimum atomic E-state index is -4.56. The molecule has 0 fully saturated rings. The molecule has 0 radical (unpaired) electrons. The van der Waals surface area contributed by atoms with E-state index in [2.05, 4.69) is 0 Å². The molecule has 118 valence electrons. The van der Waals surface area contributed by atoms with Crippen molar-refractivity contribution >= 4 is 11.5 Å². The lowest BCUT2D eigenvalue weighted by molar-refractivity contribution is -0.137. The molecule has 0 amide bonds. The molecule has 1 aromatic rings. The van der Waals surface area contributed by atoms with Crippen molar-refractivity contribution in [1.29, 1.82) is 5.41 Å². The van der Waals surface area contributed by atoms with Gasteiger partial charge in [-0.05, 0) is 39.0 Å². The van der Waals surface area contributed by atoms with E-state index < -0.39 is 23.2 Å². The van der Waals surface area contributed by atoms with Crippen LogP contribution in [0.1, 0.15) is 31.9 Å². The molecule has 0 saturated carbocycles. The fourth-order valence-electron chi connectivity index (χ4n) is 2.05. The number of hydrogen-bond donors (Lipinski definition) is 3. The van der Waals surface area contributed by atoms with Gasteiger partial charge < -0.3 is 15.7 Å². The smallest absolute Gasteiger partial charge is 0.389 e. The molecule has 0 aliphatic carbocycles. The number of halogens is 3. The van der Waals surface area contributed by atoms with E-state index >= 15 is 0 Å². The Morgan fingerprint density at radius 3 is 2.29 bits per heavy atom. The summed E-state index contributed by atoms with van der Waals surface area (Å²) in [5, 5.41) is 17.2. The van der Waals surface area contributed by atoms with Gasteiger partial charge in [-0.15, -0.1) is 0 Å². The summed E-state index contributed by atoms with van der Waals surface area (Å²) < 4.78 is 38.7. The van der Waals surface area contributed by atoms with Gasteiger partial charge in [0.2, 0.25) is 0 Å². The molecule has 4 N–H and O–H groups in total. The van der Waals surface area contributed by atoms with Crippen LogP contribution in [-0.4, -0.2) is 29.6 Å². The second kappa shape index (κ2) is 5.93. The molecule has 0 saturated heterocycles. The van der Waals surface area contributed by atoms with Gasteiger partial charge in [0.25, 0.3) is 0 Å². The molecule has 0 atom stereocenters. The molecule has 4 nitrogen and oxygen atoms in total. The number of rotatable bonds is 5. The lowest BCUT2D eigenvalue weighted by Crippen LogP contribution is -2.38. The summed E-state index contributed by atoms with van der Waals surface area (Å²) in [6.07, 6.45) is -4.56. The maximum Gasteiger partial charge on any atom is 0.417 e. The van der Waals surface area contributed by atoms with E-state index in [9.17, 15) is 18.3 Å². The van der Waals surface area contributed by atoms with Gasteiger partial charge in [0, 0.05) is 24.3 Å². The zero-order chi connectivity index (χ0) is 16.4. The van der Waals surface area contributed by atoms with E-state index in [0.717, 1.165) is 6.07 Å². The summed E-state index contributed by atoms with van der Waals surface area (Å²) in [5.41, 5.74) is 3.47. The average molecular weight is 303 g/mol. The van der Waals surface area contributed by atoms with Gasteiger partial charge in [0.05, 0.1) is 11.2 Å². The summed E-state index contributed by atoms with van der Waals surface area (Å²) in [6.45, 7) is 5.83. The van der Waals surface area contributed by atoms with Crippen molar-refractivity contribution in [2.75, 3.05) is 18.0 Å². The lowest BCUT2D eigenvalue weighted by Gasteiger charge is -2.30. The largest absolute Gasteiger partial charge is 0.417 e. The Labute approximate surface area is 121 Å². The molecule has 7 heteroatoms. The summed E-state index contributed by atoms with van der Waals surface area (Å²) >= 11 is 0.